The van der Waals surface area contributed by atoms with Gasteiger partial charge in [0.05, 0.1) is 12.7 Å². The van der Waals surface area contributed by atoms with Gasteiger partial charge in [-0.15, -0.1) is 0 Å². The van der Waals surface area contributed by atoms with Crippen LogP contribution in [0.15, 0.2) is 66.9 Å². The van der Waals surface area contributed by atoms with Gasteiger partial charge in [0.1, 0.15) is 5.69 Å². The third-order valence-corrected chi connectivity index (χ3v) is 4.76. The molecular formula is C22H18N2O3. The topological polar surface area (TPSA) is 59.5 Å². The molecule has 0 radical (unpaired) electrons. The maximum absolute atomic E-state index is 13.0. The fraction of sp³-hybridized carbons (Fsp3) is 0.136. The number of hydrogen-bond acceptors (Lipinski definition) is 4. The third-order valence-electron chi connectivity index (χ3n) is 4.76. The van der Waals surface area contributed by atoms with Crippen LogP contribution in [0, 0.1) is 0 Å². The summed E-state index contributed by atoms with van der Waals surface area (Å²) in [5.41, 5.74) is 5.01. The number of nitrogens with zero attached hydrogens (tertiary/aromatic N) is 2. The number of aromatic nitrogens is 1. The van der Waals surface area contributed by atoms with Gasteiger partial charge < -0.3 is 9.64 Å². The van der Waals surface area contributed by atoms with E-state index >= 15 is 0 Å². The average molecular weight is 358 g/mol. The molecule has 1 amide bonds. The number of benzene rings is 2. The summed E-state index contributed by atoms with van der Waals surface area (Å²) in [6.07, 6.45) is 2.17. The predicted octanol–water partition coefficient (Wildman–Crippen LogP) is 3.74. The molecule has 1 aliphatic rings. The van der Waals surface area contributed by atoms with Crippen LogP contribution in [0.3, 0.4) is 0 Å². The number of esters is 1. The van der Waals surface area contributed by atoms with Gasteiger partial charge in [-0.1, -0.05) is 42.5 Å². The molecule has 5 nitrogen and oxygen atoms in total. The molecule has 5 heteroatoms. The number of anilines is 1. The highest BCUT2D eigenvalue weighted by Crippen LogP contribution is 2.36. The smallest absolute Gasteiger partial charge is 0.339 e. The zero-order valence-electron chi connectivity index (χ0n) is 14.9. The van der Waals surface area contributed by atoms with E-state index in [1.807, 2.05) is 30.3 Å². The van der Waals surface area contributed by atoms with Crippen LogP contribution >= 0.6 is 0 Å². The van der Waals surface area contributed by atoms with Crippen molar-refractivity contribution in [2.75, 3.05) is 18.6 Å². The van der Waals surface area contributed by atoms with E-state index in [0.29, 0.717) is 17.8 Å². The van der Waals surface area contributed by atoms with E-state index in [9.17, 15) is 9.59 Å². The highest BCUT2D eigenvalue weighted by atomic mass is 16.5. The normalized spacial score (nSPS) is 12.6. The highest BCUT2D eigenvalue weighted by molar-refractivity contribution is 6.07. The molecule has 3 aromatic rings. The minimum atomic E-state index is -0.472. The summed E-state index contributed by atoms with van der Waals surface area (Å²) < 4.78 is 4.66. The zero-order chi connectivity index (χ0) is 18.8. The van der Waals surface area contributed by atoms with Crippen molar-refractivity contribution >= 4 is 17.6 Å². The number of carbonyl (C=O) groups is 2. The number of fused-ring (bicyclic) bond motifs is 1. The standard InChI is InChI=1S/C22H18N2O3/c1-27-22(26)16-10-11-19(23-14-16)21(25)24-13-12-18-17(8-5-9-20(18)24)15-6-3-2-4-7-15/h2-11,14H,12-13H2,1H3. The summed E-state index contributed by atoms with van der Waals surface area (Å²) in [5, 5.41) is 0. The number of carbonyl (C=O) groups excluding carboxylic acids is 2. The van der Waals surface area contributed by atoms with Crippen LogP contribution in [0.25, 0.3) is 11.1 Å². The Morgan fingerprint density at radius 1 is 1.00 bits per heavy atom. The molecule has 0 bridgehead atoms. The number of rotatable bonds is 3. The van der Waals surface area contributed by atoms with Crippen LogP contribution < -0.4 is 4.90 Å². The molecule has 0 spiro atoms. The van der Waals surface area contributed by atoms with Crippen molar-refractivity contribution in [3.63, 3.8) is 0 Å². The molecule has 2 heterocycles. The molecule has 1 aliphatic heterocycles. The molecule has 0 atom stereocenters. The van der Waals surface area contributed by atoms with E-state index < -0.39 is 5.97 Å². The Bertz CT molecular complexity index is 998. The predicted molar refractivity (Wildman–Crippen MR) is 103 cm³/mol. The van der Waals surface area contributed by atoms with Crippen molar-refractivity contribution in [1.82, 2.24) is 4.98 Å². The first-order valence-electron chi connectivity index (χ1n) is 8.72. The molecule has 4 rings (SSSR count). The average Bonchev–Trinajstić information content (AvgIpc) is 3.17. The molecule has 0 unspecified atom stereocenters. The van der Waals surface area contributed by atoms with E-state index in [-0.39, 0.29) is 5.91 Å². The molecule has 27 heavy (non-hydrogen) atoms. The summed E-state index contributed by atoms with van der Waals surface area (Å²) in [5.74, 6) is -0.643. The fourth-order valence-electron chi connectivity index (χ4n) is 3.43. The lowest BCUT2D eigenvalue weighted by Crippen LogP contribution is -2.29. The fourth-order valence-corrected chi connectivity index (χ4v) is 3.43. The first-order valence-corrected chi connectivity index (χ1v) is 8.72. The number of hydrogen-bond donors (Lipinski definition) is 0. The maximum Gasteiger partial charge on any atom is 0.339 e. The van der Waals surface area contributed by atoms with Crippen molar-refractivity contribution < 1.29 is 14.3 Å². The largest absolute Gasteiger partial charge is 0.465 e. The second kappa shape index (κ2) is 7.03. The van der Waals surface area contributed by atoms with Crippen LogP contribution in [0.4, 0.5) is 5.69 Å². The summed E-state index contributed by atoms with van der Waals surface area (Å²) in [6, 6.07) is 19.3. The SMILES string of the molecule is COC(=O)c1ccc(C(=O)N2CCc3c(-c4ccccc4)cccc32)nc1. The molecule has 0 saturated carbocycles. The summed E-state index contributed by atoms with van der Waals surface area (Å²) in [6.45, 7) is 0.610. The lowest BCUT2D eigenvalue weighted by molar-refractivity contribution is 0.0600. The van der Waals surface area contributed by atoms with E-state index in [2.05, 4.69) is 27.9 Å². The molecule has 134 valence electrons. The van der Waals surface area contributed by atoms with Crippen molar-refractivity contribution in [2.24, 2.45) is 0 Å². The maximum atomic E-state index is 13.0. The quantitative estimate of drug-likeness (QED) is 0.669. The van der Waals surface area contributed by atoms with Gasteiger partial charge in [-0.2, -0.15) is 0 Å². The zero-order valence-corrected chi connectivity index (χ0v) is 14.9. The van der Waals surface area contributed by atoms with Gasteiger partial charge in [0.15, 0.2) is 0 Å². The summed E-state index contributed by atoms with van der Waals surface area (Å²) >= 11 is 0. The molecule has 0 aliphatic carbocycles. The second-order valence-electron chi connectivity index (χ2n) is 6.30. The van der Waals surface area contributed by atoms with E-state index in [4.69, 9.17) is 0 Å². The van der Waals surface area contributed by atoms with Gasteiger partial charge >= 0.3 is 5.97 Å². The molecule has 1 aromatic heterocycles. The summed E-state index contributed by atoms with van der Waals surface area (Å²) in [4.78, 5) is 30.4. The Kier molecular flexibility index (Phi) is 4.42. The number of ether oxygens (including phenoxy) is 1. The molecule has 0 saturated heterocycles. The van der Waals surface area contributed by atoms with Gasteiger partial charge in [-0.3, -0.25) is 9.78 Å². The van der Waals surface area contributed by atoms with Crippen LogP contribution in [-0.4, -0.2) is 30.5 Å². The molecule has 2 aromatic carbocycles. The first kappa shape index (κ1) is 17.0. The first-order chi connectivity index (χ1) is 13.2. The Hall–Kier alpha value is -3.47. The summed E-state index contributed by atoms with van der Waals surface area (Å²) in [7, 11) is 1.31. The van der Waals surface area contributed by atoms with Crippen molar-refractivity contribution in [1.29, 1.82) is 0 Å². The van der Waals surface area contributed by atoms with E-state index in [0.717, 1.165) is 23.2 Å². The third kappa shape index (κ3) is 3.08. The van der Waals surface area contributed by atoms with Gasteiger partial charge in [-0.25, -0.2) is 4.79 Å². The van der Waals surface area contributed by atoms with Crippen LogP contribution in [0.2, 0.25) is 0 Å². The lowest BCUT2D eigenvalue weighted by Gasteiger charge is -2.17. The van der Waals surface area contributed by atoms with Gasteiger partial charge in [-0.05, 0) is 41.3 Å². The lowest BCUT2D eigenvalue weighted by atomic mass is 9.98. The van der Waals surface area contributed by atoms with Crippen LogP contribution in [0.5, 0.6) is 0 Å². The highest BCUT2D eigenvalue weighted by Gasteiger charge is 2.28. The van der Waals surface area contributed by atoms with Crippen molar-refractivity contribution in [3.05, 3.63) is 83.7 Å². The second-order valence-corrected chi connectivity index (χ2v) is 6.30. The molecular weight excluding hydrogens is 340 g/mol. The van der Waals surface area contributed by atoms with Gasteiger partial charge in [0.2, 0.25) is 0 Å². The Balaban J connectivity index is 1.65. The Morgan fingerprint density at radius 2 is 1.81 bits per heavy atom. The number of pyridine rings is 1. The van der Waals surface area contributed by atoms with Crippen molar-refractivity contribution in [2.45, 2.75) is 6.42 Å². The number of amides is 1. The Labute approximate surface area is 157 Å². The molecule has 0 fully saturated rings. The minimum Gasteiger partial charge on any atom is -0.465 e. The van der Waals surface area contributed by atoms with E-state index in [1.54, 1.807) is 17.0 Å². The Morgan fingerprint density at radius 3 is 2.52 bits per heavy atom. The minimum absolute atomic E-state index is 0.171. The van der Waals surface area contributed by atoms with E-state index in [1.165, 1.54) is 18.9 Å². The van der Waals surface area contributed by atoms with Gasteiger partial charge in [0.25, 0.3) is 5.91 Å². The molecule has 0 N–H and O–H groups in total. The van der Waals surface area contributed by atoms with Crippen molar-refractivity contribution in [3.8, 4) is 11.1 Å². The van der Waals surface area contributed by atoms with Gasteiger partial charge in [0, 0.05) is 18.4 Å². The van der Waals surface area contributed by atoms with Crippen LogP contribution in [0.1, 0.15) is 26.4 Å². The van der Waals surface area contributed by atoms with Crippen LogP contribution in [-0.2, 0) is 11.2 Å². The number of methoxy groups -OCH3 is 1. The monoisotopic (exact) mass is 358 g/mol.